The first-order valence-corrected chi connectivity index (χ1v) is 6.38. The molecule has 0 bridgehead atoms. The average Bonchev–Trinajstić information content (AvgIpc) is 2.19. The van der Waals surface area contributed by atoms with Crippen molar-refractivity contribution in [3.63, 3.8) is 0 Å². The van der Waals surface area contributed by atoms with Crippen molar-refractivity contribution >= 4 is 0 Å². The van der Waals surface area contributed by atoms with E-state index in [1.54, 1.807) is 7.11 Å². The van der Waals surface area contributed by atoms with Crippen molar-refractivity contribution < 1.29 is 4.74 Å². The molecular weight excluding hydrogens is 186 g/mol. The highest BCUT2D eigenvalue weighted by molar-refractivity contribution is 4.81. The van der Waals surface area contributed by atoms with Gasteiger partial charge < -0.3 is 4.74 Å². The maximum atomic E-state index is 5.17. The Morgan fingerprint density at radius 2 is 2.13 bits per heavy atom. The first-order chi connectivity index (χ1) is 7.15. The minimum atomic E-state index is 0.747. The van der Waals surface area contributed by atoms with Gasteiger partial charge in [0.05, 0.1) is 6.61 Å². The van der Waals surface area contributed by atoms with Crippen molar-refractivity contribution in [3.8, 4) is 0 Å². The molecule has 0 spiro atoms. The first-order valence-electron chi connectivity index (χ1n) is 6.38. The highest BCUT2D eigenvalue weighted by atomic mass is 16.5. The van der Waals surface area contributed by atoms with Crippen LogP contribution in [0.5, 0.6) is 0 Å². The summed E-state index contributed by atoms with van der Waals surface area (Å²) in [4.78, 5) is 2.60. The molecule has 0 aromatic heterocycles. The molecule has 0 aromatic carbocycles. The number of piperidine rings is 1. The molecule has 90 valence electrons. The van der Waals surface area contributed by atoms with E-state index < -0.39 is 0 Å². The van der Waals surface area contributed by atoms with Gasteiger partial charge in [-0.05, 0) is 44.6 Å². The number of hydrogen-bond donors (Lipinski definition) is 0. The van der Waals surface area contributed by atoms with E-state index in [-0.39, 0.29) is 0 Å². The molecular formula is C13H27NO. The summed E-state index contributed by atoms with van der Waals surface area (Å²) in [5.74, 6) is 1.73. The molecule has 0 aromatic rings. The first kappa shape index (κ1) is 13.0. The fraction of sp³-hybridized carbons (Fsp3) is 1.00. The average molecular weight is 213 g/mol. The van der Waals surface area contributed by atoms with Gasteiger partial charge in [0.25, 0.3) is 0 Å². The summed E-state index contributed by atoms with van der Waals surface area (Å²) in [6.45, 7) is 10.3. The molecule has 15 heavy (non-hydrogen) atoms. The SMILES string of the molecule is COCCN1CCC[C@@H](CC(C)C)[C@H]1C. The second-order valence-electron chi connectivity index (χ2n) is 5.30. The van der Waals surface area contributed by atoms with Crippen LogP contribution in [0.4, 0.5) is 0 Å². The Bertz CT molecular complexity index is 170. The number of methoxy groups -OCH3 is 1. The van der Waals surface area contributed by atoms with E-state index in [2.05, 4.69) is 25.7 Å². The maximum absolute atomic E-state index is 5.17. The quantitative estimate of drug-likeness (QED) is 0.696. The van der Waals surface area contributed by atoms with E-state index in [4.69, 9.17) is 4.74 Å². The summed E-state index contributed by atoms with van der Waals surface area (Å²) in [6, 6.07) is 0.747. The van der Waals surface area contributed by atoms with E-state index in [1.807, 2.05) is 0 Å². The van der Waals surface area contributed by atoms with Crippen LogP contribution in [0.25, 0.3) is 0 Å². The molecule has 0 amide bonds. The predicted molar refractivity (Wildman–Crippen MR) is 65.1 cm³/mol. The molecule has 1 aliphatic heterocycles. The lowest BCUT2D eigenvalue weighted by molar-refractivity contribution is 0.0632. The smallest absolute Gasteiger partial charge is 0.0589 e. The minimum absolute atomic E-state index is 0.747. The molecule has 1 saturated heterocycles. The summed E-state index contributed by atoms with van der Waals surface area (Å²) in [5.41, 5.74) is 0. The molecule has 2 atom stereocenters. The van der Waals surface area contributed by atoms with Gasteiger partial charge in [0.15, 0.2) is 0 Å². The maximum Gasteiger partial charge on any atom is 0.0589 e. The van der Waals surface area contributed by atoms with Gasteiger partial charge in [0, 0.05) is 19.7 Å². The van der Waals surface area contributed by atoms with Gasteiger partial charge in [-0.25, -0.2) is 0 Å². The second kappa shape index (κ2) is 6.49. The number of ether oxygens (including phenoxy) is 1. The molecule has 0 radical (unpaired) electrons. The number of rotatable bonds is 5. The Hall–Kier alpha value is -0.0800. The van der Waals surface area contributed by atoms with Gasteiger partial charge in [-0.2, -0.15) is 0 Å². The van der Waals surface area contributed by atoms with Crippen LogP contribution in [0, 0.1) is 11.8 Å². The lowest BCUT2D eigenvalue weighted by atomic mass is 9.84. The summed E-state index contributed by atoms with van der Waals surface area (Å²) in [7, 11) is 1.79. The van der Waals surface area contributed by atoms with Gasteiger partial charge in [0.1, 0.15) is 0 Å². The van der Waals surface area contributed by atoms with Crippen LogP contribution in [0.1, 0.15) is 40.0 Å². The molecule has 0 saturated carbocycles. The Kier molecular flexibility index (Phi) is 5.62. The summed E-state index contributed by atoms with van der Waals surface area (Å²) >= 11 is 0. The van der Waals surface area contributed by atoms with Crippen LogP contribution in [0.15, 0.2) is 0 Å². The number of nitrogens with zero attached hydrogens (tertiary/aromatic N) is 1. The molecule has 2 nitrogen and oxygen atoms in total. The van der Waals surface area contributed by atoms with Crippen molar-refractivity contribution in [3.05, 3.63) is 0 Å². The summed E-state index contributed by atoms with van der Waals surface area (Å²) < 4.78 is 5.17. The predicted octanol–water partition coefficient (Wildman–Crippen LogP) is 2.78. The summed E-state index contributed by atoms with van der Waals surface area (Å²) in [6.07, 6.45) is 4.17. The zero-order valence-electron chi connectivity index (χ0n) is 10.8. The van der Waals surface area contributed by atoms with Gasteiger partial charge in [-0.15, -0.1) is 0 Å². The lowest BCUT2D eigenvalue weighted by Crippen LogP contribution is -2.45. The molecule has 1 heterocycles. The topological polar surface area (TPSA) is 12.5 Å². The van der Waals surface area contributed by atoms with Crippen LogP contribution in [0.3, 0.4) is 0 Å². The number of hydrogen-bond acceptors (Lipinski definition) is 2. The van der Waals surface area contributed by atoms with Crippen molar-refractivity contribution in [1.82, 2.24) is 4.90 Å². The highest BCUT2D eigenvalue weighted by Gasteiger charge is 2.27. The third-order valence-corrected chi connectivity index (χ3v) is 3.64. The van der Waals surface area contributed by atoms with E-state index >= 15 is 0 Å². The van der Waals surface area contributed by atoms with Gasteiger partial charge in [-0.3, -0.25) is 4.90 Å². The normalized spacial score (nSPS) is 28.6. The van der Waals surface area contributed by atoms with Crippen LogP contribution >= 0.6 is 0 Å². The molecule has 1 rings (SSSR count). The Balaban J connectivity index is 2.39. The van der Waals surface area contributed by atoms with Crippen LogP contribution < -0.4 is 0 Å². The minimum Gasteiger partial charge on any atom is -0.383 e. The van der Waals surface area contributed by atoms with Gasteiger partial charge in [-0.1, -0.05) is 13.8 Å². The molecule has 1 aliphatic rings. The Morgan fingerprint density at radius 3 is 2.73 bits per heavy atom. The van der Waals surface area contributed by atoms with E-state index in [0.29, 0.717) is 0 Å². The fourth-order valence-electron chi connectivity index (χ4n) is 2.74. The standard InChI is InChI=1S/C13H27NO/c1-11(2)10-13-6-5-7-14(12(13)3)8-9-15-4/h11-13H,5-10H2,1-4H3/t12-,13+/m1/s1. The Morgan fingerprint density at radius 1 is 1.40 bits per heavy atom. The van der Waals surface area contributed by atoms with Crippen molar-refractivity contribution in [2.45, 2.75) is 46.1 Å². The van der Waals surface area contributed by atoms with Crippen molar-refractivity contribution in [2.75, 3.05) is 26.8 Å². The molecule has 2 heteroatoms. The largest absolute Gasteiger partial charge is 0.383 e. The van der Waals surface area contributed by atoms with Crippen LogP contribution in [0.2, 0.25) is 0 Å². The molecule has 0 aliphatic carbocycles. The second-order valence-corrected chi connectivity index (χ2v) is 5.30. The Labute approximate surface area is 95.0 Å². The van der Waals surface area contributed by atoms with E-state index in [0.717, 1.165) is 31.0 Å². The van der Waals surface area contributed by atoms with E-state index in [9.17, 15) is 0 Å². The molecule has 0 unspecified atom stereocenters. The van der Waals surface area contributed by atoms with Crippen LogP contribution in [-0.4, -0.2) is 37.7 Å². The van der Waals surface area contributed by atoms with Crippen molar-refractivity contribution in [2.24, 2.45) is 11.8 Å². The highest BCUT2D eigenvalue weighted by Crippen LogP contribution is 2.28. The lowest BCUT2D eigenvalue weighted by Gasteiger charge is -2.40. The zero-order valence-corrected chi connectivity index (χ0v) is 10.8. The van der Waals surface area contributed by atoms with Gasteiger partial charge >= 0.3 is 0 Å². The van der Waals surface area contributed by atoms with E-state index in [1.165, 1.54) is 25.8 Å². The summed E-state index contributed by atoms with van der Waals surface area (Å²) in [5, 5.41) is 0. The number of likely N-dealkylation sites (tertiary alicyclic amines) is 1. The molecule has 1 fully saturated rings. The van der Waals surface area contributed by atoms with Crippen LogP contribution in [-0.2, 0) is 4.74 Å². The zero-order chi connectivity index (χ0) is 11.3. The third-order valence-electron chi connectivity index (χ3n) is 3.64. The van der Waals surface area contributed by atoms with Crippen molar-refractivity contribution in [1.29, 1.82) is 0 Å². The monoisotopic (exact) mass is 213 g/mol. The molecule has 0 N–H and O–H groups in total. The van der Waals surface area contributed by atoms with Gasteiger partial charge in [0.2, 0.25) is 0 Å². The fourth-order valence-corrected chi connectivity index (χ4v) is 2.74. The third kappa shape index (κ3) is 4.12.